The molecule has 0 amide bonds. The molecule has 2 aromatic rings. The summed E-state index contributed by atoms with van der Waals surface area (Å²) in [6.07, 6.45) is 1.49. The molecule has 0 aromatic carbocycles. The minimum atomic E-state index is -1.07. The first-order valence-electron chi connectivity index (χ1n) is 4.83. The number of aromatic nitrogens is 2. The van der Waals surface area contributed by atoms with E-state index in [1.54, 1.807) is 19.1 Å². The van der Waals surface area contributed by atoms with Crippen LogP contribution >= 0.6 is 0 Å². The standard InChI is InChI=1S/C11H10N2O4/c1-6-9(11(14)15)10(13-17-6)7-3-4-8(16-2)12-5-7/h3-5H,1-2H3,(H,14,15). The zero-order valence-corrected chi connectivity index (χ0v) is 9.30. The summed E-state index contributed by atoms with van der Waals surface area (Å²) >= 11 is 0. The van der Waals surface area contributed by atoms with E-state index in [9.17, 15) is 4.79 Å². The summed E-state index contributed by atoms with van der Waals surface area (Å²) in [4.78, 5) is 15.0. The highest BCUT2D eigenvalue weighted by Crippen LogP contribution is 2.25. The van der Waals surface area contributed by atoms with Crippen molar-refractivity contribution in [1.29, 1.82) is 0 Å². The van der Waals surface area contributed by atoms with Crippen molar-refractivity contribution in [3.05, 3.63) is 29.7 Å². The van der Waals surface area contributed by atoms with Crippen molar-refractivity contribution in [3.8, 4) is 17.1 Å². The summed E-state index contributed by atoms with van der Waals surface area (Å²) in [7, 11) is 1.50. The van der Waals surface area contributed by atoms with Crippen molar-refractivity contribution in [2.24, 2.45) is 0 Å². The number of hydrogen-bond acceptors (Lipinski definition) is 5. The lowest BCUT2D eigenvalue weighted by atomic mass is 10.1. The summed E-state index contributed by atoms with van der Waals surface area (Å²) in [6, 6.07) is 3.31. The van der Waals surface area contributed by atoms with Crippen LogP contribution in [0, 0.1) is 6.92 Å². The molecule has 0 unspecified atom stereocenters. The first kappa shape index (κ1) is 11.1. The molecule has 0 saturated carbocycles. The number of hydrogen-bond donors (Lipinski definition) is 1. The number of ether oxygens (including phenoxy) is 1. The van der Waals surface area contributed by atoms with E-state index < -0.39 is 5.97 Å². The van der Waals surface area contributed by atoms with Crippen LogP contribution in [0.5, 0.6) is 5.88 Å². The van der Waals surface area contributed by atoms with E-state index in [0.29, 0.717) is 11.4 Å². The van der Waals surface area contributed by atoms with Crippen LogP contribution in [0.4, 0.5) is 0 Å². The summed E-state index contributed by atoms with van der Waals surface area (Å²) in [5.41, 5.74) is 0.891. The van der Waals surface area contributed by atoms with Crippen LogP contribution in [-0.4, -0.2) is 28.3 Å². The van der Waals surface area contributed by atoms with Crippen LogP contribution in [0.25, 0.3) is 11.3 Å². The predicted octanol–water partition coefficient (Wildman–Crippen LogP) is 1.75. The third-order valence-electron chi connectivity index (χ3n) is 2.30. The van der Waals surface area contributed by atoms with Gasteiger partial charge >= 0.3 is 5.97 Å². The molecular weight excluding hydrogens is 224 g/mol. The number of carboxylic acids is 1. The van der Waals surface area contributed by atoms with Gasteiger partial charge in [0.25, 0.3) is 0 Å². The minimum Gasteiger partial charge on any atom is -0.481 e. The molecule has 0 atom stereocenters. The minimum absolute atomic E-state index is 0.0527. The normalized spacial score (nSPS) is 10.2. The Morgan fingerprint density at radius 1 is 1.47 bits per heavy atom. The molecule has 17 heavy (non-hydrogen) atoms. The zero-order chi connectivity index (χ0) is 12.4. The number of carbonyl (C=O) groups is 1. The van der Waals surface area contributed by atoms with Crippen molar-refractivity contribution in [3.63, 3.8) is 0 Å². The van der Waals surface area contributed by atoms with Crippen molar-refractivity contribution in [2.75, 3.05) is 7.11 Å². The van der Waals surface area contributed by atoms with Gasteiger partial charge in [-0.3, -0.25) is 0 Å². The molecule has 0 aliphatic rings. The quantitative estimate of drug-likeness (QED) is 0.870. The number of carboxylic acid groups (broad SMARTS) is 1. The van der Waals surface area contributed by atoms with Gasteiger partial charge in [-0.2, -0.15) is 0 Å². The Balaban J connectivity index is 2.49. The number of pyridine rings is 1. The molecule has 2 aromatic heterocycles. The molecule has 0 spiro atoms. The number of aromatic carboxylic acids is 1. The van der Waals surface area contributed by atoms with Crippen molar-refractivity contribution in [2.45, 2.75) is 6.92 Å². The number of rotatable bonds is 3. The molecule has 0 aliphatic carbocycles. The fourth-order valence-corrected chi connectivity index (χ4v) is 1.46. The van der Waals surface area contributed by atoms with Gasteiger partial charge in [0.1, 0.15) is 17.0 Å². The lowest BCUT2D eigenvalue weighted by Crippen LogP contribution is -1.99. The van der Waals surface area contributed by atoms with Gasteiger partial charge in [-0.25, -0.2) is 9.78 Å². The summed E-state index contributed by atoms with van der Waals surface area (Å²) in [5, 5.41) is 12.8. The first-order valence-corrected chi connectivity index (χ1v) is 4.83. The molecule has 6 nitrogen and oxygen atoms in total. The molecule has 0 aliphatic heterocycles. The smallest absolute Gasteiger partial charge is 0.341 e. The Labute approximate surface area is 96.8 Å². The Morgan fingerprint density at radius 3 is 2.76 bits per heavy atom. The fourth-order valence-electron chi connectivity index (χ4n) is 1.46. The van der Waals surface area contributed by atoms with Crippen LogP contribution in [0.3, 0.4) is 0 Å². The van der Waals surface area contributed by atoms with Crippen LogP contribution in [-0.2, 0) is 0 Å². The topological polar surface area (TPSA) is 85.5 Å². The monoisotopic (exact) mass is 234 g/mol. The molecule has 0 fully saturated rings. The zero-order valence-electron chi connectivity index (χ0n) is 9.30. The molecule has 1 N–H and O–H groups in total. The average molecular weight is 234 g/mol. The van der Waals surface area contributed by atoms with Crippen LogP contribution < -0.4 is 4.74 Å². The summed E-state index contributed by atoms with van der Waals surface area (Å²) in [6.45, 7) is 1.55. The molecule has 0 bridgehead atoms. The van der Waals surface area contributed by atoms with E-state index >= 15 is 0 Å². The summed E-state index contributed by atoms with van der Waals surface area (Å²) in [5.74, 6) is -0.358. The van der Waals surface area contributed by atoms with Crippen molar-refractivity contribution < 1.29 is 19.2 Å². The van der Waals surface area contributed by atoms with E-state index in [1.165, 1.54) is 13.3 Å². The van der Waals surface area contributed by atoms with Gasteiger partial charge in [-0.15, -0.1) is 0 Å². The summed E-state index contributed by atoms with van der Waals surface area (Å²) < 4.78 is 9.79. The lowest BCUT2D eigenvalue weighted by molar-refractivity contribution is 0.0696. The van der Waals surface area contributed by atoms with E-state index in [4.69, 9.17) is 14.4 Å². The van der Waals surface area contributed by atoms with Crippen LogP contribution in [0.2, 0.25) is 0 Å². The second kappa shape index (κ2) is 4.25. The van der Waals surface area contributed by atoms with E-state index in [2.05, 4.69) is 10.1 Å². The van der Waals surface area contributed by atoms with Gasteiger partial charge in [0.05, 0.1) is 7.11 Å². The van der Waals surface area contributed by atoms with Gasteiger partial charge in [0, 0.05) is 17.8 Å². The lowest BCUT2D eigenvalue weighted by Gasteiger charge is -2.00. The molecule has 2 rings (SSSR count). The average Bonchev–Trinajstić information content (AvgIpc) is 2.71. The highest BCUT2D eigenvalue weighted by molar-refractivity contribution is 5.95. The maximum Gasteiger partial charge on any atom is 0.341 e. The van der Waals surface area contributed by atoms with Crippen LogP contribution in [0.15, 0.2) is 22.9 Å². The highest BCUT2D eigenvalue weighted by Gasteiger charge is 2.20. The highest BCUT2D eigenvalue weighted by atomic mass is 16.5. The number of aryl methyl sites for hydroxylation is 1. The molecule has 2 heterocycles. The SMILES string of the molecule is COc1ccc(-c2noc(C)c2C(=O)O)cn1. The fraction of sp³-hybridized carbons (Fsp3) is 0.182. The van der Waals surface area contributed by atoms with Gasteiger partial charge in [-0.05, 0) is 13.0 Å². The number of methoxy groups -OCH3 is 1. The molecule has 6 heteroatoms. The van der Waals surface area contributed by atoms with E-state index in [0.717, 1.165) is 0 Å². The number of nitrogens with zero attached hydrogens (tertiary/aromatic N) is 2. The maximum absolute atomic E-state index is 11.1. The van der Waals surface area contributed by atoms with Gasteiger partial charge in [0.15, 0.2) is 0 Å². The molecule has 0 saturated heterocycles. The second-order valence-electron chi connectivity index (χ2n) is 3.36. The Bertz CT molecular complexity index is 545. The molecule has 0 radical (unpaired) electrons. The molecular formula is C11H10N2O4. The van der Waals surface area contributed by atoms with Gasteiger partial charge < -0.3 is 14.4 Å². The predicted molar refractivity (Wildman–Crippen MR) is 58.0 cm³/mol. The Morgan fingerprint density at radius 2 is 2.24 bits per heavy atom. The third kappa shape index (κ3) is 1.96. The Hall–Kier alpha value is -2.37. The van der Waals surface area contributed by atoms with Gasteiger partial charge in [0.2, 0.25) is 5.88 Å². The molecule has 88 valence electrons. The van der Waals surface area contributed by atoms with Crippen LogP contribution in [0.1, 0.15) is 16.1 Å². The van der Waals surface area contributed by atoms with Crippen molar-refractivity contribution >= 4 is 5.97 Å². The maximum atomic E-state index is 11.1. The third-order valence-corrected chi connectivity index (χ3v) is 2.30. The van der Waals surface area contributed by atoms with E-state index in [1.807, 2.05) is 0 Å². The second-order valence-corrected chi connectivity index (χ2v) is 3.36. The largest absolute Gasteiger partial charge is 0.481 e. The first-order chi connectivity index (χ1) is 8.13. The Kier molecular flexibility index (Phi) is 2.78. The van der Waals surface area contributed by atoms with E-state index in [-0.39, 0.29) is 17.0 Å². The van der Waals surface area contributed by atoms with Crippen molar-refractivity contribution in [1.82, 2.24) is 10.1 Å². The van der Waals surface area contributed by atoms with Gasteiger partial charge in [-0.1, -0.05) is 5.16 Å².